The molecule has 1 aliphatic rings. The highest BCUT2D eigenvalue weighted by Gasteiger charge is 2.41. The van der Waals surface area contributed by atoms with E-state index in [1.54, 1.807) is 23.6 Å². The van der Waals surface area contributed by atoms with Crippen molar-refractivity contribution in [3.8, 4) is 11.3 Å². The van der Waals surface area contributed by atoms with E-state index in [1.165, 1.54) is 31.2 Å². The second-order valence-corrected chi connectivity index (χ2v) is 9.09. The molecule has 3 aromatic rings. The van der Waals surface area contributed by atoms with E-state index in [0.717, 1.165) is 15.6 Å². The van der Waals surface area contributed by atoms with Gasteiger partial charge in [-0.25, -0.2) is 22.1 Å². The lowest BCUT2D eigenvalue weighted by atomic mass is 10.1. The van der Waals surface area contributed by atoms with Gasteiger partial charge >= 0.3 is 0 Å². The molecule has 0 bridgehead atoms. The third-order valence-corrected chi connectivity index (χ3v) is 6.93. The highest BCUT2D eigenvalue weighted by atomic mass is 32.2. The first-order valence-electron chi connectivity index (χ1n) is 8.45. The van der Waals surface area contributed by atoms with Crippen LogP contribution in [0.1, 0.15) is 22.3 Å². The molecule has 2 heterocycles. The number of thiazole rings is 1. The van der Waals surface area contributed by atoms with E-state index in [1.807, 2.05) is 0 Å². The average molecular weight is 431 g/mol. The van der Waals surface area contributed by atoms with E-state index in [-0.39, 0.29) is 28.5 Å². The monoisotopic (exact) mass is 431 g/mol. The fraction of sp³-hybridized carbons (Fsp3) is 0.105. The molecular weight excluding hydrogens is 417 g/mol. The molecule has 0 saturated carbocycles. The van der Waals surface area contributed by atoms with Crippen molar-refractivity contribution in [2.45, 2.75) is 18.4 Å². The largest absolute Gasteiger partial charge is 0.326 e. The molecule has 0 aliphatic carbocycles. The number of rotatable bonds is 4. The lowest BCUT2D eigenvalue weighted by molar-refractivity contribution is -0.114. The maximum atomic E-state index is 14.4. The number of amides is 2. The summed E-state index contributed by atoms with van der Waals surface area (Å²) in [4.78, 5) is 27.8. The van der Waals surface area contributed by atoms with Gasteiger partial charge in [-0.3, -0.25) is 9.59 Å². The van der Waals surface area contributed by atoms with E-state index < -0.39 is 21.7 Å². The van der Waals surface area contributed by atoms with Crippen LogP contribution >= 0.6 is 11.3 Å². The van der Waals surface area contributed by atoms with Gasteiger partial charge in [0.05, 0.1) is 17.8 Å². The number of carbonyl (C=O) groups is 2. The molecule has 1 aliphatic heterocycles. The lowest BCUT2D eigenvalue weighted by Gasteiger charge is -2.13. The summed E-state index contributed by atoms with van der Waals surface area (Å²) in [5.41, 5.74) is 0.975. The first kappa shape index (κ1) is 19.2. The van der Waals surface area contributed by atoms with Crippen LogP contribution in [0.4, 0.5) is 10.1 Å². The molecular formula is C19H14FN3O4S2. The topological polar surface area (TPSA) is 96.4 Å². The minimum absolute atomic E-state index is 0.0265. The SMILES string of the molecule is CC(=O)Nc1ccc(-c2csc(CN3C(=O)c4ccccc4S3(=O)=O)n2)c(F)c1. The number of benzene rings is 2. The quantitative estimate of drug-likeness (QED) is 0.684. The minimum atomic E-state index is -3.94. The molecule has 7 nitrogen and oxygen atoms in total. The number of nitrogens with one attached hydrogen (secondary N) is 1. The second kappa shape index (κ2) is 7.05. The number of hydrogen-bond donors (Lipinski definition) is 1. The Labute approximate surface area is 169 Å². The van der Waals surface area contributed by atoms with E-state index in [0.29, 0.717) is 16.4 Å². The summed E-state index contributed by atoms with van der Waals surface area (Å²) >= 11 is 1.13. The molecule has 0 unspecified atom stereocenters. The predicted molar refractivity (Wildman–Crippen MR) is 105 cm³/mol. The van der Waals surface area contributed by atoms with Gasteiger partial charge in [0.1, 0.15) is 15.7 Å². The number of aromatic nitrogens is 1. The maximum Gasteiger partial charge on any atom is 0.269 e. The van der Waals surface area contributed by atoms with Gasteiger partial charge < -0.3 is 5.32 Å². The van der Waals surface area contributed by atoms with E-state index >= 15 is 0 Å². The molecule has 0 fully saturated rings. The summed E-state index contributed by atoms with van der Waals surface area (Å²) in [6, 6.07) is 10.2. The molecule has 0 spiro atoms. The van der Waals surface area contributed by atoms with Crippen LogP contribution in [-0.2, 0) is 21.4 Å². The zero-order valence-corrected chi connectivity index (χ0v) is 16.7. The van der Waals surface area contributed by atoms with Crippen LogP contribution in [-0.4, -0.2) is 29.5 Å². The van der Waals surface area contributed by atoms with Crippen LogP contribution in [0.5, 0.6) is 0 Å². The first-order chi connectivity index (χ1) is 13.8. The lowest BCUT2D eigenvalue weighted by Crippen LogP contribution is -2.29. The molecule has 1 N–H and O–H groups in total. The van der Waals surface area contributed by atoms with Crippen LogP contribution in [0, 0.1) is 5.82 Å². The molecule has 2 aromatic carbocycles. The van der Waals surface area contributed by atoms with Crippen molar-refractivity contribution in [3.05, 3.63) is 64.2 Å². The predicted octanol–water partition coefficient (Wildman–Crippen LogP) is 3.25. The second-order valence-electron chi connectivity index (χ2n) is 6.32. The van der Waals surface area contributed by atoms with E-state index in [2.05, 4.69) is 10.3 Å². The zero-order valence-electron chi connectivity index (χ0n) is 15.0. The highest BCUT2D eigenvalue weighted by molar-refractivity contribution is 7.90. The summed E-state index contributed by atoms with van der Waals surface area (Å²) < 4.78 is 40.5. The van der Waals surface area contributed by atoms with Gasteiger partial charge in [0, 0.05) is 23.6 Å². The van der Waals surface area contributed by atoms with Crippen molar-refractivity contribution < 1.29 is 22.4 Å². The average Bonchev–Trinajstić information content (AvgIpc) is 3.19. The zero-order chi connectivity index (χ0) is 20.8. The Balaban J connectivity index is 1.60. The molecule has 2 amide bonds. The van der Waals surface area contributed by atoms with Crippen LogP contribution in [0.15, 0.2) is 52.7 Å². The van der Waals surface area contributed by atoms with Crippen molar-refractivity contribution in [3.63, 3.8) is 0 Å². The Morgan fingerprint density at radius 2 is 1.97 bits per heavy atom. The van der Waals surface area contributed by atoms with Gasteiger partial charge in [0.2, 0.25) is 5.91 Å². The smallest absolute Gasteiger partial charge is 0.269 e. The van der Waals surface area contributed by atoms with Crippen LogP contribution < -0.4 is 5.32 Å². The van der Waals surface area contributed by atoms with Gasteiger partial charge in [-0.2, -0.15) is 0 Å². The molecule has 0 atom stereocenters. The minimum Gasteiger partial charge on any atom is -0.326 e. The van der Waals surface area contributed by atoms with Crippen molar-refractivity contribution >= 4 is 38.9 Å². The Bertz CT molecular complexity index is 1250. The van der Waals surface area contributed by atoms with Gasteiger partial charge in [0.15, 0.2) is 0 Å². The fourth-order valence-electron chi connectivity index (χ4n) is 3.02. The van der Waals surface area contributed by atoms with Crippen molar-refractivity contribution in [1.82, 2.24) is 9.29 Å². The summed E-state index contributed by atoms with van der Waals surface area (Å²) in [6.45, 7) is 1.09. The Kier molecular flexibility index (Phi) is 4.67. The Morgan fingerprint density at radius 3 is 2.66 bits per heavy atom. The number of halogens is 1. The summed E-state index contributed by atoms with van der Waals surface area (Å²) in [5, 5.41) is 4.44. The van der Waals surface area contributed by atoms with E-state index in [9.17, 15) is 22.4 Å². The van der Waals surface area contributed by atoms with Crippen molar-refractivity contribution in [1.29, 1.82) is 0 Å². The molecule has 0 saturated heterocycles. The molecule has 10 heteroatoms. The Morgan fingerprint density at radius 1 is 1.21 bits per heavy atom. The maximum absolute atomic E-state index is 14.4. The summed E-state index contributed by atoms with van der Waals surface area (Å²) in [5.74, 6) is -1.50. The summed E-state index contributed by atoms with van der Waals surface area (Å²) in [6.07, 6.45) is 0. The van der Waals surface area contributed by atoms with Crippen molar-refractivity contribution in [2.24, 2.45) is 0 Å². The molecule has 148 valence electrons. The third kappa shape index (κ3) is 3.40. The summed E-state index contributed by atoms with van der Waals surface area (Å²) in [7, 11) is -3.94. The van der Waals surface area contributed by atoms with E-state index in [4.69, 9.17) is 0 Å². The molecule has 1 aromatic heterocycles. The molecule has 0 radical (unpaired) electrons. The third-order valence-electron chi connectivity index (χ3n) is 4.31. The molecule has 4 rings (SSSR count). The first-order valence-corrected chi connectivity index (χ1v) is 10.8. The standard InChI is InChI=1S/C19H14FN3O4S2/c1-11(24)21-12-6-7-13(15(20)8-12)16-10-28-18(22-16)9-23-19(25)14-4-2-3-5-17(14)29(23,26)27/h2-8,10H,9H2,1H3,(H,21,24). The number of anilines is 1. The number of carbonyl (C=O) groups excluding carboxylic acids is 2. The molecule has 29 heavy (non-hydrogen) atoms. The van der Waals surface area contributed by atoms with Gasteiger partial charge in [-0.1, -0.05) is 12.1 Å². The van der Waals surface area contributed by atoms with Crippen LogP contribution in [0.25, 0.3) is 11.3 Å². The Hall–Kier alpha value is -3.11. The number of fused-ring (bicyclic) bond motifs is 1. The number of nitrogens with zero attached hydrogens (tertiary/aromatic N) is 2. The van der Waals surface area contributed by atoms with Gasteiger partial charge in [0.25, 0.3) is 15.9 Å². The number of sulfonamides is 1. The van der Waals surface area contributed by atoms with Gasteiger partial charge in [-0.15, -0.1) is 11.3 Å². The van der Waals surface area contributed by atoms with Crippen LogP contribution in [0.3, 0.4) is 0 Å². The highest BCUT2D eigenvalue weighted by Crippen LogP contribution is 2.33. The van der Waals surface area contributed by atoms with Crippen molar-refractivity contribution in [2.75, 3.05) is 5.32 Å². The number of hydrogen-bond acceptors (Lipinski definition) is 6. The van der Waals surface area contributed by atoms with Gasteiger partial charge in [-0.05, 0) is 30.3 Å². The fourth-order valence-corrected chi connectivity index (χ4v) is 5.42. The normalized spacial score (nSPS) is 14.7. The van der Waals surface area contributed by atoms with Crippen LogP contribution in [0.2, 0.25) is 0 Å².